The summed E-state index contributed by atoms with van der Waals surface area (Å²) in [6, 6.07) is 4.93. The first-order valence-electron chi connectivity index (χ1n) is 4.10. The highest BCUT2D eigenvalue weighted by molar-refractivity contribution is 7.81. The topological polar surface area (TPSA) is 49.3 Å². The van der Waals surface area contributed by atoms with Crippen molar-refractivity contribution in [1.82, 2.24) is 0 Å². The summed E-state index contributed by atoms with van der Waals surface area (Å²) in [5.41, 5.74) is 0.674. The van der Waals surface area contributed by atoms with Gasteiger partial charge in [0.05, 0.1) is 0 Å². The average molecular weight is 266 g/mol. The molecule has 6 heteroatoms. The van der Waals surface area contributed by atoms with Crippen molar-refractivity contribution >= 4 is 47.5 Å². The molecule has 1 unspecified atom stereocenters. The second-order valence-electron chi connectivity index (χ2n) is 2.89. The van der Waals surface area contributed by atoms with E-state index >= 15 is 0 Å². The lowest BCUT2D eigenvalue weighted by Crippen LogP contribution is -2.23. The van der Waals surface area contributed by atoms with Gasteiger partial charge < -0.3 is 10.4 Å². The monoisotopic (exact) mass is 265 g/mol. The molecule has 0 aromatic heterocycles. The van der Waals surface area contributed by atoms with Gasteiger partial charge in [0.2, 0.25) is 0 Å². The Morgan fingerprint density at radius 3 is 2.40 bits per heavy atom. The van der Waals surface area contributed by atoms with Crippen LogP contribution < -0.4 is 5.32 Å². The summed E-state index contributed by atoms with van der Waals surface area (Å²) in [6.07, 6.45) is 0. The Labute approximate surface area is 103 Å². The SMILES string of the molecule is O=C(O)C(S)CNc1cc(Cl)cc(Cl)c1. The van der Waals surface area contributed by atoms with E-state index in [1.807, 2.05) is 0 Å². The minimum atomic E-state index is -0.973. The summed E-state index contributed by atoms with van der Waals surface area (Å²) >= 11 is 15.4. The molecule has 1 aromatic rings. The molecule has 0 amide bonds. The highest BCUT2D eigenvalue weighted by Gasteiger charge is 2.11. The van der Waals surface area contributed by atoms with E-state index in [2.05, 4.69) is 17.9 Å². The number of aliphatic carboxylic acids is 1. The van der Waals surface area contributed by atoms with E-state index in [4.69, 9.17) is 28.3 Å². The quantitative estimate of drug-likeness (QED) is 0.734. The van der Waals surface area contributed by atoms with Gasteiger partial charge in [-0.2, -0.15) is 12.6 Å². The van der Waals surface area contributed by atoms with Crippen LogP contribution >= 0.6 is 35.8 Å². The van der Waals surface area contributed by atoms with E-state index < -0.39 is 11.2 Å². The Morgan fingerprint density at radius 1 is 1.40 bits per heavy atom. The number of thiol groups is 1. The lowest BCUT2D eigenvalue weighted by molar-refractivity contribution is -0.136. The van der Waals surface area contributed by atoms with Crippen LogP contribution in [0.15, 0.2) is 18.2 Å². The van der Waals surface area contributed by atoms with E-state index in [0.29, 0.717) is 15.7 Å². The van der Waals surface area contributed by atoms with Crippen molar-refractivity contribution in [2.75, 3.05) is 11.9 Å². The number of carboxylic acid groups (broad SMARTS) is 1. The Hall–Kier alpha value is -0.580. The van der Waals surface area contributed by atoms with E-state index in [-0.39, 0.29) is 6.54 Å². The molecular weight excluding hydrogens is 257 g/mol. The second-order valence-corrected chi connectivity index (χ2v) is 4.39. The zero-order valence-corrected chi connectivity index (χ0v) is 9.98. The standard InChI is InChI=1S/C9H9Cl2NO2S/c10-5-1-6(11)3-7(2-5)12-4-8(15)9(13)14/h1-3,8,12,15H,4H2,(H,13,14). The number of carbonyl (C=O) groups is 1. The van der Waals surface area contributed by atoms with Gasteiger partial charge in [0.1, 0.15) is 5.25 Å². The van der Waals surface area contributed by atoms with Gasteiger partial charge in [-0.1, -0.05) is 23.2 Å². The van der Waals surface area contributed by atoms with Crippen LogP contribution in [0, 0.1) is 0 Å². The van der Waals surface area contributed by atoms with Gasteiger partial charge in [-0.15, -0.1) is 0 Å². The summed E-state index contributed by atoms with van der Waals surface area (Å²) in [5, 5.41) is 11.7. The van der Waals surface area contributed by atoms with Crippen LogP contribution in [0.25, 0.3) is 0 Å². The van der Waals surface area contributed by atoms with Crippen molar-refractivity contribution in [2.45, 2.75) is 5.25 Å². The maximum Gasteiger partial charge on any atom is 0.318 e. The fourth-order valence-electron chi connectivity index (χ4n) is 0.958. The van der Waals surface area contributed by atoms with Crippen LogP contribution in [0.3, 0.4) is 0 Å². The molecule has 1 rings (SSSR count). The Balaban J connectivity index is 2.61. The minimum Gasteiger partial charge on any atom is -0.480 e. The molecule has 3 nitrogen and oxygen atoms in total. The lowest BCUT2D eigenvalue weighted by atomic mass is 10.3. The normalized spacial score (nSPS) is 12.2. The summed E-state index contributed by atoms with van der Waals surface area (Å²) < 4.78 is 0. The third-order valence-corrected chi connectivity index (χ3v) is 2.49. The first-order chi connectivity index (χ1) is 6.99. The van der Waals surface area contributed by atoms with Crippen LogP contribution in [0.4, 0.5) is 5.69 Å². The van der Waals surface area contributed by atoms with Crippen molar-refractivity contribution in [3.05, 3.63) is 28.2 Å². The van der Waals surface area contributed by atoms with Crippen molar-refractivity contribution in [1.29, 1.82) is 0 Å². The smallest absolute Gasteiger partial charge is 0.318 e. The molecule has 1 atom stereocenters. The molecule has 0 aliphatic heterocycles. The molecule has 82 valence electrons. The molecule has 0 saturated carbocycles. The third-order valence-electron chi connectivity index (χ3n) is 1.65. The zero-order chi connectivity index (χ0) is 11.4. The predicted molar refractivity (Wildman–Crippen MR) is 65.4 cm³/mol. The molecule has 0 saturated heterocycles. The van der Waals surface area contributed by atoms with Gasteiger partial charge in [0.15, 0.2) is 0 Å². The molecule has 0 bridgehead atoms. The molecular formula is C9H9Cl2NO2S. The lowest BCUT2D eigenvalue weighted by Gasteiger charge is -2.09. The zero-order valence-electron chi connectivity index (χ0n) is 7.58. The molecule has 0 fully saturated rings. The Kier molecular flexibility index (Phi) is 4.57. The Bertz CT molecular complexity index is 353. The number of benzene rings is 1. The summed E-state index contributed by atoms with van der Waals surface area (Å²) in [6.45, 7) is 0.203. The maximum atomic E-state index is 10.5. The maximum absolute atomic E-state index is 10.5. The van der Waals surface area contributed by atoms with Crippen molar-refractivity contribution < 1.29 is 9.90 Å². The van der Waals surface area contributed by atoms with Crippen molar-refractivity contribution in [3.63, 3.8) is 0 Å². The van der Waals surface area contributed by atoms with Crippen LogP contribution in [0.1, 0.15) is 0 Å². The summed E-state index contributed by atoms with van der Waals surface area (Å²) in [4.78, 5) is 10.5. The predicted octanol–water partition coefficient (Wildman–Crippen LogP) is 2.79. The second kappa shape index (κ2) is 5.49. The number of carboxylic acids is 1. The minimum absolute atomic E-state index is 0.203. The van der Waals surface area contributed by atoms with Crippen LogP contribution in [-0.2, 0) is 4.79 Å². The van der Waals surface area contributed by atoms with E-state index in [0.717, 1.165) is 0 Å². The number of hydrogen-bond donors (Lipinski definition) is 3. The molecule has 0 radical (unpaired) electrons. The van der Waals surface area contributed by atoms with E-state index in [1.54, 1.807) is 18.2 Å². The summed E-state index contributed by atoms with van der Waals surface area (Å²) in [5.74, 6) is -0.973. The van der Waals surface area contributed by atoms with E-state index in [1.165, 1.54) is 0 Å². The molecule has 0 aliphatic rings. The van der Waals surface area contributed by atoms with Crippen LogP contribution in [-0.4, -0.2) is 22.9 Å². The van der Waals surface area contributed by atoms with Crippen LogP contribution in [0.2, 0.25) is 10.0 Å². The van der Waals surface area contributed by atoms with Gasteiger partial charge in [0, 0.05) is 22.3 Å². The third kappa shape index (κ3) is 4.20. The number of nitrogens with one attached hydrogen (secondary N) is 1. The van der Waals surface area contributed by atoms with Crippen LogP contribution in [0.5, 0.6) is 0 Å². The average Bonchev–Trinajstić information content (AvgIpc) is 2.12. The van der Waals surface area contributed by atoms with Crippen molar-refractivity contribution in [2.24, 2.45) is 0 Å². The highest BCUT2D eigenvalue weighted by Crippen LogP contribution is 2.22. The molecule has 0 heterocycles. The molecule has 2 N–H and O–H groups in total. The fourth-order valence-corrected chi connectivity index (χ4v) is 1.58. The summed E-state index contributed by atoms with van der Waals surface area (Å²) in [7, 11) is 0. The number of anilines is 1. The fraction of sp³-hybridized carbons (Fsp3) is 0.222. The largest absolute Gasteiger partial charge is 0.480 e. The van der Waals surface area contributed by atoms with Gasteiger partial charge in [-0.25, -0.2) is 0 Å². The number of halogens is 2. The molecule has 0 aliphatic carbocycles. The molecule has 1 aromatic carbocycles. The first-order valence-corrected chi connectivity index (χ1v) is 5.37. The number of hydrogen-bond acceptors (Lipinski definition) is 3. The van der Waals surface area contributed by atoms with Gasteiger partial charge in [-0.05, 0) is 18.2 Å². The van der Waals surface area contributed by atoms with Gasteiger partial charge in [0.25, 0.3) is 0 Å². The van der Waals surface area contributed by atoms with Gasteiger partial charge in [-0.3, -0.25) is 4.79 Å². The van der Waals surface area contributed by atoms with Gasteiger partial charge >= 0.3 is 5.97 Å². The number of rotatable bonds is 4. The Morgan fingerprint density at radius 2 is 1.93 bits per heavy atom. The first kappa shape index (κ1) is 12.5. The van der Waals surface area contributed by atoms with E-state index in [9.17, 15) is 4.79 Å². The highest BCUT2D eigenvalue weighted by atomic mass is 35.5. The molecule has 15 heavy (non-hydrogen) atoms. The van der Waals surface area contributed by atoms with Crippen molar-refractivity contribution in [3.8, 4) is 0 Å². The molecule has 0 spiro atoms.